The number of carbonyl (C=O) groups is 1. The fourth-order valence-corrected chi connectivity index (χ4v) is 2.12. The molecule has 0 rings (SSSR count). The maximum Gasteiger partial charge on any atom is 0.240 e. The first-order valence-corrected chi connectivity index (χ1v) is 7.57. The molecular weight excluding hydrogens is 224 g/mol. The second kappa shape index (κ2) is 9.37. The van der Waals surface area contributed by atoms with Gasteiger partial charge in [-0.15, -0.1) is 0 Å². The summed E-state index contributed by atoms with van der Waals surface area (Å²) in [7, 11) is 0. The van der Waals surface area contributed by atoms with Crippen LogP contribution in [0.4, 0.5) is 0 Å². The van der Waals surface area contributed by atoms with E-state index < -0.39 is 5.54 Å². The number of rotatable bonds is 10. The molecule has 1 amide bonds. The Kier molecular flexibility index (Phi) is 9.08. The molecule has 0 aliphatic carbocycles. The zero-order chi connectivity index (χ0) is 14.0. The molecule has 0 bridgehead atoms. The molecule has 0 spiro atoms. The van der Waals surface area contributed by atoms with Crippen LogP contribution in [0.15, 0.2) is 0 Å². The van der Waals surface area contributed by atoms with Gasteiger partial charge in [0.1, 0.15) is 0 Å². The van der Waals surface area contributed by atoms with E-state index in [1.54, 1.807) is 0 Å². The van der Waals surface area contributed by atoms with Crippen LogP contribution in [0.25, 0.3) is 0 Å². The highest BCUT2D eigenvalue weighted by Gasteiger charge is 2.31. The van der Waals surface area contributed by atoms with Crippen molar-refractivity contribution in [3.05, 3.63) is 0 Å². The average molecular weight is 256 g/mol. The Hall–Kier alpha value is -0.570. The summed E-state index contributed by atoms with van der Waals surface area (Å²) in [5, 5.41) is 6.46. The number of amides is 1. The Bertz CT molecular complexity index is 227. The molecule has 0 aliphatic rings. The van der Waals surface area contributed by atoms with Crippen molar-refractivity contribution in [2.45, 2.75) is 72.3 Å². The maximum atomic E-state index is 12.2. The highest BCUT2D eigenvalue weighted by Crippen LogP contribution is 2.16. The largest absolute Gasteiger partial charge is 0.355 e. The molecule has 18 heavy (non-hydrogen) atoms. The molecule has 0 aromatic carbocycles. The van der Waals surface area contributed by atoms with Crippen LogP contribution in [0, 0.1) is 5.92 Å². The van der Waals surface area contributed by atoms with Crippen molar-refractivity contribution < 1.29 is 4.79 Å². The minimum Gasteiger partial charge on any atom is -0.355 e. The normalized spacial score (nSPS) is 14.6. The number of carbonyl (C=O) groups excluding carboxylic acids is 1. The summed E-state index contributed by atoms with van der Waals surface area (Å²) in [6, 6.07) is 0. The molecule has 0 fully saturated rings. The van der Waals surface area contributed by atoms with Crippen LogP contribution in [0.2, 0.25) is 0 Å². The van der Waals surface area contributed by atoms with Gasteiger partial charge in [-0.2, -0.15) is 0 Å². The second-order valence-corrected chi connectivity index (χ2v) is 5.36. The number of likely N-dealkylation sites (N-methyl/N-ethyl adjacent to an activating group) is 1. The van der Waals surface area contributed by atoms with E-state index in [4.69, 9.17) is 0 Å². The molecule has 108 valence electrons. The average Bonchev–Trinajstić information content (AvgIpc) is 2.37. The quantitative estimate of drug-likeness (QED) is 0.630. The van der Waals surface area contributed by atoms with Crippen LogP contribution >= 0.6 is 0 Å². The van der Waals surface area contributed by atoms with E-state index in [1.807, 2.05) is 13.8 Å². The van der Waals surface area contributed by atoms with E-state index in [0.717, 1.165) is 25.8 Å². The smallest absolute Gasteiger partial charge is 0.240 e. The molecule has 0 aliphatic heterocycles. The highest BCUT2D eigenvalue weighted by molar-refractivity contribution is 5.85. The monoisotopic (exact) mass is 256 g/mol. The van der Waals surface area contributed by atoms with Gasteiger partial charge >= 0.3 is 0 Å². The lowest BCUT2D eigenvalue weighted by Crippen LogP contribution is -2.55. The van der Waals surface area contributed by atoms with E-state index in [-0.39, 0.29) is 5.91 Å². The molecule has 1 atom stereocenters. The first-order valence-electron chi connectivity index (χ1n) is 7.57. The number of unbranched alkanes of at least 4 members (excludes halogenated alkanes) is 1. The maximum absolute atomic E-state index is 12.2. The first kappa shape index (κ1) is 17.4. The zero-order valence-electron chi connectivity index (χ0n) is 12.9. The molecule has 0 aromatic rings. The van der Waals surface area contributed by atoms with Gasteiger partial charge in [0, 0.05) is 6.54 Å². The molecule has 3 heteroatoms. The number of hydrogen-bond donors (Lipinski definition) is 2. The summed E-state index contributed by atoms with van der Waals surface area (Å²) in [4.78, 5) is 12.2. The summed E-state index contributed by atoms with van der Waals surface area (Å²) in [6.45, 7) is 12.2. The molecular formula is C15H32N2O. The van der Waals surface area contributed by atoms with E-state index >= 15 is 0 Å². The van der Waals surface area contributed by atoms with E-state index in [1.165, 1.54) is 12.8 Å². The summed E-state index contributed by atoms with van der Waals surface area (Å²) in [6.07, 6.45) is 5.46. The predicted octanol–water partition coefficient (Wildman–Crippen LogP) is 3.10. The highest BCUT2D eigenvalue weighted by atomic mass is 16.2. The van der Waals surface area contributed by atoms with Crippen molar-refractivity contribution in [2.75, 3.05) is 13.1 Å². The summed E-state index contributed by atoms with van der Waals surface area (Å²) in [5.41, 5.74) is -0.408. The van der Waals surface area contributed by atoms with Gasteiger partial charge in [-0.05, 0) is 32.7 Å². The molecule has 0 heterocycles. The predicted molar refractivity (Wildman–Crippen MR) is 78.7 cm³/mol. The van der Waals surface area contributed by atoms with Crippen molar-refractivity contribution in [1.29, 1.82) is 0 Å². The minimum absolute atomic E-state index is 0.143. The molecule has 2 N–H and O–H groups in total. The topological polar surface area (TPSA) is 41.1 Å². The lowest BCUT2D eigenvalue weighted by molar-refractivity contribution is -0.127. The molecule has 0 saturated carbocycles. The van der Waals surface area contributed by atoms with Gasteiger partial charge < -0.3 is 10.6 Å². The van der Waals surface area contributed by atoms with Gasteiger partial charge in [0.15, 0.2) is 0 Å². The van der Waals surface area contributed by atoms with Gasteiger partial charge in [0.2, 0.25) is 5.91 Å². The molecule has 0 aromatic heterocycles. The standard InChI is InChI=1S/C15H32N2O/c1-6-10-11-15(5,14(18)16-9-4)17-12-13(7-2)8-3/h13,17H,6-12H2,1-5H3,(H,16,18). The van der Waals surface area contributed by atoms with Crippen LogP contribution in [0.5, 0.6) is 0 Å². The molecule has 0 saturated heterocycles. The third-order valence-electron chi connectivity index (χ3n) is 3.80. The summed E-state index contributed by atoms with van der Waals surface area (Å²) < 4.78 is 0. The van der Waals surface area contributed by atoms with Gasteiger partial charge in [-0.3, -0.25) is 4.79 Å². The Balaban J connectivity index is 4.49. The molecule has 3 nitrogen and oxygen atoms in total. The van der Waals surface area contributed by atoms with E-state index in [0.29, 0.717) is 12.5 Å². The van der Waals surface area contributed by atoms with Gasteiger partial charge in [-0.1, -0.05) is 46.5 Å². The van der Waals surface area contributed by atoms with Gasteiger partial charge in [-0.25, -0.2) is 0 Å². The van der Waals surface area contributed by atoms with Crippen LogP contribution in [-0.2, 0) is 4.79 Å². The Morgan fingerprint density at radius 2 is 1.78 bits per heavy atom. The zero-order valence-corrected chi connectivity index (χ0v) is 12.9. The van der Waals surface area contributed by atoms with Gasteiger partial charge in [0.05, 0.1) is 5.54 Å². The van der Waals surface area contributed by atoms with Crippen LogP contribution in [0.3, 0.4) is 0 Å². The fourth-order valence-electron chi connectivity index (χ4n) is 2.12. The lowest BCUT2D eigenvalue weighted by atomic mass is 9.92. The lowest BCUT2D eigenvalue weighted by Gasteiger charge is -2.31. The van der Waals surface area contributed by atoms with Crippen molar-refractivity contribution in [1.82, 2.24) is 10.6 Å². The second-order valence-electron chi connectivity index (χ2n) is 5.36. The SMILES string of the molecule is CCCCC(C)(NCC(CC)CC)C(=O)NCC. The number of nitrogens with one attached hydrogen (secondary N) is 2. The molecule has 0 radical (unpaired) electrons. The van der Waals surface area contributed by atoms with Crippen LogP contribution in [0.1, 0.15) is 66.7 Å². The van der Waals surface area contributed by atoms with Gasteiger partial charge in [0.25, 0.3) is 0 Å². The Morgan fingerprint density at radius 1 is 1.17 bits per heavy atom. The Morgan fingerprint density at radius 3 is 2.22 bits per heavy atom. The molecule has 1 unspecified atom stereocenters. The third-order valence-corrected chi connectivity index (χ3v) is 3.80. The van der Waals surface area contributed by atoms with Crippen molar-refractivity contribution in [2.24, 2.45) is 5.92 Å². The minimum atomic E-state index is -0.408. The number of hydrogen-bond acceptors (Lipinski definition) is 2. The third kappa shape index (κ3) is 5.85. The summed E-state index contributed by atoms with van der Waals surface area (Å²) >= 11 is 0. The van der Waals surface area contributed by atoms with E-state index in [2.05, 4.69) is 31.4 Å². The van der Waals surface area contributed by atoms with Crippen molar-refractivity contribution in [3.8, 4) is 0 Å². The van der Waals surface area contributed by atoms with Crippen LogP contribution in [-0.4, -0.2) is 24.5 Å². The first-order chi connectivity index (χ1) is 8.53. The Labute approximate surface area is 113 Å². The van der Waals surface area contributed by atoms with Crippen molar-refractivity contribution in [3.63, 3.8) is 0 Å². The fraction of sp³-hybridized carbons (Fsp3) is 0.933. The van der Waals surface area contributed by atoms with E-state index in [9.17, 15) is 4.79 Å². The summed E-state index contributed by atoms with van der Waals surface area (Å²) in [5.74, 6) is 0.810. The van der Waals surface area contributed by atoms with Crippen molar-refractivity contribution >= 4 is 5.91 Å². The van der Waals surface area contributed by atoms with Crippen LogP contribution < -0.4 is 10.6 Å².